The maximum absolute atomic E-state index is 13.2. The third kappa shape index (κ3) is 5.00. The van der Waals surface area contributed by atoms with Crippen LogP contribution in [0, 0.1) is 11.7 Å². The van der Waals surface area contributed by atoms with Crippen molar-refractivity contribution in [1.29, 1.82) is 0 Å². The van der Waals surface area contributed by atoms with Gasteiger partial charge in [0.15, 0.2) is 0 Å². The summed E-state index contributed by atoms with van der Waals surface area (Å²) in [6, 6.07) is 8.34. The number of benzene rings is 1. The Kier molecular flexibility index (Phi) is 6.64. The van der Waals surface area contributed by atoms with Gasteiger partial charge in [0.1, 0.15) is 5.82 Å². The minimum absolute atomic E-state index is 0.0140. The third-order valence-electron chi connectivity index (χ3n) is 5.10. The molecule has 0 spiro atoms. The van der Waals surface area contributed by atoms with Gasteiger partial charge in [-0.05, 0) is 48.7 Å². The van der Waals surface area contributed by atoms with Gasteiger partial charge in [0, 0.05) is 44.0 Å². The number of aromatic nitrogens is 1. The average Bonchev–Trinajstić information content (AvgIpc) is 2.72. The van der Waals surface area contributed by atoms with E-state index in [1.807, 2.05) is 26.0 Å². The fourth-order valence-electron chi connectivity index (χ4n) is 3.56. The van der Waals surface area contributed by atoms with Gasteiger partial charge < -0.3 is 4.90 Å². The Bertz CT molecular complexity index is 933. The second-order valence-corrected chi connectivity index (χ2v) is 9.53. The van der Waals surface area contributed by atoms with Crippen LogP contribution in [0.25, 0.3) is 0 Å². The van der Waals surface area contributed by atoms with Gasteiger partial charge in [-0.15, -0.1) is 0 Å². The Balaban J connectivity index is 1.83. The molecule has 6 nitrogen and oxygen atoms in total. The summed E-state index contributed by atoms with van der Waals surface area (Å²) in [5.74, 6) is -0.693. The number of hydrogen-bond acceptors (Lipinski definition) is 4. The Morgan fingerprint density at radius 1 is 1.28 bits per heavy atom. The van der Waals surface area contributed by atoms with E-state index in [9.17, 15) is 17.6 Å². The predicted octanol–water partition coefficient (Wildman–Crippen LogP) is 3.06. The Morgan fingerprint density at radius 2 is 2.00 bits per heavy atom. The molecule has 3 rings (SSSR count). The zero-order valence-corrected chi connectivity index (χ0v) is 17.5. The van der Waals surface area contributed by atoms with Gasteiger partial charge in [-0.25, -0.2) is 12.8 Å². The Morgan fingerprint density at radius 3 is 2.62 bits per heavy atom. The lowest BCUT2D eigenvalue weighted by molar-refractivity contribution is -0.138. The fraction of sp³-hybridized carbons (Fsp3) is 0.429. The van der Waals surface area contributed by atoms with E-state index in [-0.39, 0.29) is 29.3 Å². The zero-order valence-electron chi connectivity index (χ0n) is 16.7. The summed E-state index contributed by atoms with van der Waals surface area (Å²) < 4.78 is 40.6. The van der Waals surface area contributed by atoms with Crippen molar-refractivity contribution in [2.45, 2.75) is 44.2 Å². The fourth-order valence-corrected chi connectivity index (χ4v) is 5.07. The quantitative estimate of drug-likeness (QED) is 0.722. The van der Waals surface area contributed by atoms with Crippen molar-refractivity contribution in [2.75, 3.05) is 13.1 Å². The summed E-state index contributed by atoms with van der Waals surface area (Å²) in [5.41, 5.74) is 0.903. The maximum Gasteiger partial charge on any atom is 0.243 e. The van der Waals surface area contributed by atoms with Crippen LogP contribution in [0.1, 0.15) is 32.3 Å². The second kappa shape index (κ2) is 9.00. The predicted molar refractivity (Wildman–Crippen MR) is 108 cm³/mol. The van der Waals surface area contributed by atoms with E-state index in [1.165, 1.54) is 16.4 Å². The first-order valence-corrected chi connectivity index (χ1v) is 11.2. The van der Waals surface area contributed by atoms with Crippen molar-refractivity contribution in [3.63, 3.8) is 0 Å². The Labute approximate surface area is 171 Å². The molecule has 0 radical (unpaired) electrons. The standard InChI is InChI=1S/C21H26FN3O3S/c1-16(2)21(26)25(14-17-5-3-11-23-13-17)19-6-4-12-24(15-19)29(27,28)20-9-7-18(22)8-10-20/h3,5,7-11,13,16,19H,4,6,12,14-15H2,1-2H3. The molecule has 29 heavy (non-hydrogen) atoms. The highest BCUT2D eigenvalue weighted by atomic mass is 32.2. The lowest BCUT2D eigenvalue weighted by Gasteiger charge is -2.39. The molecule has 1 atom stereocenters. The molecule has 0 aliphatic carbocycles. The largest absolute Gasteiger partial charge is 0.334 e. The zero-order chi connectivity index (χ0) is 21.0. The van der Waals surface area contributed by atoms with Gasteiger partial charge in [-0.2, -0.15) is 4.31 Å². The van der Waals surface area contributed by atoms with E-state index in [2.05, 4.69) is 4.98 Å². The number of hydrogen-bond donors (Lipinski definition) is 0. The number of carbonyl (C=O) groups excluding carboxylic acids is 1. The van der Waals surface area contributed by atoms with Crippen molar-refractivity contribution >= 4 is 15.9 Å². The highest BCUT2D eigenvalue weighted by Gasteiger charge is 2.35. The van der Waals surface area contributed by atoms with E-state index in [1.54, 1.807) is 17.3 Å². The molecule has 1 unspecified atom stereocenters. The van der Waals surface area contributed by atoms with E-state index in [0.717, 1.165) is 24.1 Å². The molecule has 156 valence electrons. The molecule has 1 saturated heterocycles. The maximum atomic E-state index is 13.2. The number of sulfonamides is 1. The first kappa shape index (κ1) is 21.4. The van der Waals surface area contributed by atoms with E-state index in [0.29, 0.717) is 19.5 Å². The smallest absolute Gasteiger partial charge is 0.243 e. The van der Waals surface area contributed by atoms with E-state index < -0.39 is 15.8 Å². The van der Waals surface area contributed by atoms with Gasteiger partial charge in [0.05, 0.1) is 4.90 Å². The van der Waals surface area contributed by atoms with Crippen LogP contribution in [0.15, 0.2) is 53.7 Å². The molecule has 2 aromatic rings. The number of piperidine rings is 1. The summed E-state index contributed by atoms with van der Waals surface area (Å²) >= 11 is 0. The SMILES string of the molecule is CC(C)C(=O)N(Cc1cccnc1)C1CCCN(S(=O)(=O)c2ccc(F)cc2)C1. The van der Waals surface area contributed by atoms with E-state index in [4.69, 9.17) is 0 Å². The number of carbonyl (C=O) groups is 1. The van der Waals surface area contributed by atoms with Gasteiger partial charge >= 0.3 is 0 Å². The molecule has 1 amide bonds. The lowest BCUT2D eigenvalue weighted by Crippen LogP contribution is -2.52. The molecule has 2 heterocycles. The van der Waals surface area contributed by atoms with E-state index >= 15 is 0 Å². The molecule has 1 fully saturated rings. The first-order chi connectivity index (χ1) is 13.8. The van der Waals surface area contributed by atoms with Crippen molar-refractivity contribution in [3.8, 4) is 0 Å². The molecule has 0 bridgehead atoms. The molecule has 0 N–H and O–H groups in total. The van der Waals surface area contributed by atoms with Crippen molar-refractivity contribution in [1.82, 2.24) is 14.2 Å². The van der Waals surface area contributed by atoms with Crippen LogP contribution in [0.5, 0.6) is 0 Å². The van der Waals surface area contributed by atoms with Crippen LogP contribution >= 0.6 is 0 Å². The van der Waals surface area contributed by atoms with Crippen LogP contribution < -0.4 is 0 Å². The number of rotatable bonds is 6. The van der Waals surface area contributed by atoms with Crippen molar-refractivity contribution in [2.24, 2.45) is 5.92 Å². The van der Waals surface area contributed by atoms with Crippen LogP contribution in [-0.2, 0) is 21.4 Å². The van der Waals surface area contributed by atoms with Gasteiger partial charge in [-0.1, -0.05) is 19.9 Å². The summed E-state index contributed by atoms with van der Waals surface area (Å²) in [7, 11) is -3.75. The topological polar surface area (TPSA) is 70.6 Å². The molecule has 1 aromatic carbocycles. The summed E-state index contributed by atoms with van der Waals surface area (Å²) in [6.07, 6.45) is 4.78. The molecule has 0 saturated carbocycles. The molecule has 8 heteroatoms. The number of amides is 1. The number of halogens is 1. The summed E-state index contributed by atoms with van der Waals surface area (Å²) in [5, 5.41) is 0. The molecule has 1 aliphatic heterocycles. The highest BCUT2D eigenvalue weighted by molar-refractivity contribution is 7.89. The van der Waals surface area contributed by atoms with Gasteiger partial charge in [0.2, 0.25) is 15.9 Å². The highest BCUT2D eigenvalue weighted by Crippen LogP contribution is 2.25. The molecular weight excluding hydrogens is 393 g/mol. The normalized spacial score (nSPS) is 18.0. The van der Waals surface area contributed by atoms with Crippen LogP contribution in [0.3, 0.4) is 0 Å². The van der Waals surface area contributed by atoms with Crippen LogP contribution in [-0.4, -0.2) is 47.6 Å². The third-order valence-corrected chi connectivity index (χ3v) is 6.98. The molecule has 1 aliphatic rings. The van der Waals surface area contributed by atoms with Crippen LogP contribution in [0.2, 0.25) is 0 Å². The van der Waals surface area contributed by atoms with Gasteiger partial charge in [-0.3, -0.25) is 9.78 Å². The average molecular weight is 420 g/mol. The monoisotopic (exact) mass is 419 g/mol. The number of nitrogens with zero attached hydrogens (tertiary/aromatic N) is 3. The number of pyridine rings is 1. The first-order valence-electron chi connectivity index (χ1n) is 9.74. The minimum Gasteiger partial charge on any atom is -0.334 e. The Hall–Kier alpha value is -2.32. The van der Waals surface area contributed by atoms with Crippen LogP contribution in [0.4, 0.5) is 4.39 Å². The van der Waals surface area contributed by atoms with Gasteiger partial charge in [0.25, 0.3) is 0 Å². The second-order valence-electron chi connectivity index (χ2n) is 7.60. The molecule has 1 aromatic heterocycles. The molecular formula is C21H26FN3O3S. The summed E-state index contributed by atoms with van der Waals surface area (Å²) in [4.78, 5) is 18.9. The lowest BCUT2D eigenvalue weighted by atomic mass is 10.0. The minimum atomic E-state index is -3.75. The van der Waals surface area contributed by atoms with Crippen molar-refractivity contribution in [3.05, 3.63) is 60.2 Å². The van der Waals surface area contributed by atoms with Crippen molar-refractivity contribution < 1.29 is 17.6 Å². The summed E-state index contributed by atoms with van der Waals surface area (Å²) in [6.45, 7) is 4.67.